The van der Waals surface area contributed by atoms with Gasteiger partial charge in [0, 0.05) is 12.2 Å². The Labute approximate surface area is 108 Å². The van der Waals surface area contributed by atoms with Crippen molar-refractivity contribution in [2.24, 2.45) is 5.73 Å². The SMILES string of the molecule is Cc1cnn(CC(N)c2cccc(C(F)(F)F)c2)c1. The highest BCUT2D eigenvalue weighted by molar-refractivity contribution is 5.27. The normalized spacial score (nSPS) is 13.5. The predicted molar refractivity (Wildman–Crippen MR) is 65.3 cm³/mol. The molecular formula is C13H14F3N3. The summed E-state index contributed by atoms with van der Waals surface area (Å²) in [5.74, 6) is 0. The fourth-order valence-corrected chi connectivity index (χ4v) is 1.82. The molecule has 2 N–H and O–H groups in total. The molecule has 0 fully saturated rings. The van der Waals surface area contributed by atoms with Crippen molar-refractivity contribution in [2.75, 3.05) is 0 Å². The van der Waals surface area contributed by atoms with Gasteiger partial charge in [0.05, 0.1) is 18.3 Å². The second-order valence-corrected chi connectivity index (χ2v) is 4.47. The van der Waals surface area contributed by atoms with E-state index in [1.807, 2.05) is 6.92 Å². The third-order valence-electron chi connectivity index (χ3n) is 2.79. The number of hydrogen-bond donors (Lipinski definition) is 1. The van der Waals surface area contributed by atoms with E-state index in [1.165, 1.54) is 6.07 Å². The van der Waals surface area contributed by atoms with E-state index in [4.69, 9.17) is 5.73 Å². The average molecular weight is 269 g/mol. The zero-order valence-electron chi connectivity index (χ0n) is 10.4. The maximum atomic E-state index is 12.6. The summed E-state index contributed by atoms with van der Waals surface area (Å²) in [4.78, 5) is 0. The van der Waals surface area contributed by atoms with Crippen molar-refractivity contribution >= 4 is 0 Å². The molecule has 1 unspecified atom stereocenters. The Hall–Kier alpha value is -1.82. The van der Waals surface area contributed by atoms with Crippen LogP contribution in [-0.4, -0.2) is 9.78 Å². The lowest BCUT2D eigenvalue weighted by molar-refractivity contribution is -0.137. The molecule has 0 spiro atoms. The maximum absolute atomic E-state index is 12.6. The Bertz CT molecular complexity index is 560. The van der Waals surface area contributed by atoms with Crippen LogP contribution in [0.3, 0.4) is 0 Å². The summed E-state index contributed by atoms with van der Waals surface area (Å²) in [6, 6.07) is 4.55. The molecule has 2 aromatic rings. The lowest BCUT2D eigenvalue weighted by atomic mass is 10.0. The topological polar surface area (TPSA) is 43.8 Å². The van der Waals surface area contributed by atoms with Gasteiger partial charge < -0.3 is 5.73 Å². The van der Waals surface area contributed by atoms with Gasteiger partial charge in [0.25, 0.3) is 0 Å². The molecule has 3 nitrogen and oxygen atoms in total. The fraction of sp³-hybridized carbons (Fsp3) is 0.308. The second-order valence-electron chi connectivity index (χ2n) is 4.47. The van der Waals surface area contributed by atoms with E-state index < -0.39 is 17.8 Å². The minimum Gasteiger partial charge on any atom is -0.322 e. The van der Waals surface area contributed by atoms with Crippen LogP contribution in [0.25, 0.3) is 0 Å². The van der Waals surface area contributed by atoms with Crippen molar-refractivity contribution in [3.8, 4) is 0 Å². The lowest BCUT2D eigenvalue weighted by Crippen LogP contribution is -2.18. The largest absolute Gasteiger partial charge is 0.416 e. The summed E-state index contributed by atoms with van der Waals surface area (Å²) in [6.45, 7) is 2.23. The van der Waals surface area contributed by atoms with Crippen LogP contribution < -0.4 is 5.73 Å². The van der Waals surface area contributed by atoms with Crippen molar-refractivity contribution in [3.05, 3.63) is 53.3 Å². The second kappa shape index (κ2) is 5.05. The summed E-state index contributed by atoms with van der Waals surface area (Å²) in [7, 11) is 0. The highest BCUT2D eigenvalue weighted by Gasteiger charge is 2.30. The minimum absolute atomic E-state index is 0.342. The highest BCUT2D eigenvalue weighted by Crippen LogP contribution is 2.30. The Morgan fingerprint density at radius 3 is 2.68 bits per heavy atom. The molecule has 0 aliphatic rings. The number of nitrogens with zero attached hydrogens (tertiary/aromatic N) is 2. The summed E-state index contributed by atoms with van der Waals surface area (Å²) >= 11 is 0. The van der Waals surface area contributed by atoms with Gasteiger partial charge in [-0.1, -0.05) is 12.1 Å². The summed E-state index contributed by atoms with van der Waals surface area (Å²) in [5.41, 5.74) is 6.67. The van der Waals surface area contributed by atoms with Gasteiger partial charge in [0.15, 0.2) is 0 Å². The third-order valence-corrected chi connectivity index (χ3v) is 2.79. The van der Waals surface area contributed by atoms with Crippen molar-refractivity contribution in [1.29, 1.82) is 0 Å². The van der Waals surface area contributed by atoms with Gasteiger partial charge in [-0.3, -0.25) is 4.68 Å². The van der Waals surface area contributed by atoms with Crippen molar-refractivity contribution in [1.82, 2.24) is 9.78 Å². The van der Waals surface area contributed by atoms with Crippen LogP contribution in [0.1, 0.15) is 22.7 Å². The van der Waals surface area contributed by atoms with E-state index in [9.17, 15) is 13.2 Å². The lowest BCUT2D eigenvalue weighted by Gasteiger charge is -2.14. The van der Waals surface area contributed by atoms with Crippen LogP contribution in [-0.2, 0) is 12.7 Å². The molecule has 1 atom stereocenters. The number of rotatable bonds is 3. The van der Waals surface area contributed by atoms with Crippen LogP contribution in [0.2, 0.25) is 0 Å². The van der Waals surface area contributed by atoms with Gasteiger partial charge in [-0.2, -0.15) is 18.3 Å². The van der Waals surface area contributed by atoms with E-state index in [0.29, 0.717) is 12.1 Å². The number of halogens is 3. The molecule has 2 rings (SSSR count). The maximum Gasteiger partial charge on any atom is 0.416 e. The van der Waals surface area contributed by atoms with E-state index in [0.717, 1.165) is 17.7 Å². The van der Waals surface area contributed by atoms with E-state index in [2.05, 4.69) is 5.10 Å². The molecule has 0 amide bonds. The van der Waals surface area contributed by atoms with Gasteiger partial charge >= 0.3 is 6.18 Å². The van der Waals surface area contributed by atoms with Crippen molar-refractivity contribution < 1.29 is 13.2 Å². The molecule has 0 saturated heterocycles. The first-order valence-electron chi connectivity index (χ1n) is 5.78. The minimum atomic E-state index is -4.35. The number of nitrogens with two attached hydrogens (primary N) is 1. The van der Waals surface area contributed by atoms with Crippen molar-refractivity contribution in [3.63, 3.8) is 0 Å². The molecule has 0 aliphatic carbocycles. The molecule has 0 bridgehead atoms. The Balaban J connectivity index is 2.17. The van der Waals surface area contributed by atoms with Crippen LogP contribution in [0, 0.1) is 6.92 Å². The summed E-state index contributed by atoms with van der Waals surface area (Å²) in [5, 5.41) is 4.07. The van der Waals surface area contributed by atoms with Gasteiger partial charge in [0.1, 0.15) is 0 Å². The van der Waals surface area contributed by atoms with Gasteiger partial charge in [-0.25, -0.2) is 0 Å². The van der Waals surface area contributed by atoms with E-state index in [-0.39, 0.29) is 0 Å². The molecule has 1 aromatic carbocycles. The van der Waals surface area contributed by atoms with E-state index >= 15 is 0 Å². The molecule has 1 aromatic heterocycles. The van der Waals surface area contributed by atoms with Gasteiger partial charge in [0.2, 0.25) is 0 Å². The quantitative estimate of drug-likeness (QED) is 0.931. The first kappa shape index (κ1) is 13.6. The molecule has 102 valence electrons. The van der Waals surface area contributed by atoms with Gasteiger partial charge in [-0.05, 0) is 30.2 Å². The summed E-state index contributed by atoms with van der Waals surface area (Å²) < 4.78 is 39.4. The van der Waals surface area contributed by atoms with Crippen LogP contribution in [0.15, 0.2) is 36.7 Å². The zero-order valence-corrected chi connectivity index (χ0v) is 10.4. The number of aryl methyl sites for hydroxylation is 1. The zero-order chi connectivity index (χ0) is 14.0. The highest BCUT2D eigenvalue weighted by atomic mass is 19.4. The number of alkyl halides is 3. The van der Waals surface area contributed by atoms with Crippen LogP contribution in [0.4, 0.5) is 13.2 Å². The van der Waals surface area contributed by atoms with Crippen molar-refractivity contribution in [2.45, 2.75) is 25.7 Å². The number of benzene rings is 1. The fourth-order valence-electron chi connectivity index (χ4n) is 1.82. The van der Waals surface area contributed by atoms with Crippen LogP contribution >= 0.6 is 0 Å². The Kier molecular flexibility index (Phi) is 3.61. The monoisotopic (exact) mass is 269 g/mol. The molecule has 19 heavy (non-hydrogen) atoms. The van der Waals surface area contributed by atoms with Gasteiger partial charge in [-0.15, -0.1) is 0 Å². The predicted octanol–water partition coefficient (Wildman–Crippen LogP) is 2.91. The number of hydrogen-bond acceptors (Lipinski definition) is 2. The first-order chi connectivity index (χ1) is 8.86. The Morgan fingerprint density at radius 1 is 1.37 bits per heavy atom. The van der Waals surface area contributed by atoms with Crippen LogP contribution in [0.5, 0.6) is 0 Å². The molecule has 0 aliphatic heterocycles. The first-order valence-corrected chi connectivity index (χ1v) is 5.78. The number of aromatic nitrogens is 2. The average Bonchev–Trinajstić information content (AvgIpc) is 2.74. The molecule has 0 saturated carbocycles. The molecule has 0 radical (unpaired) electrons. The summed E-state index contributed by atoms with van der Waals surface area (Å²) in [6.07, 6.45) is -0.871. The smallest absolute Gasteiger partial charge is 0.322 e. The molecular weight excluding hydrogens is 255 g/mol. The standard InChI is InChI=1S/C13H14F3N3/c1-9-6-18-19(7-9)8-12(17)10-3-2-4-11(5-10)13(14,15)16/h2-7,12H,8,17H2,1H3. The Morgan fingerprint density at radius 2 is 2.11 bits per heavy atom. The molecule has 6 heteroatoms. The molecule has 1 heterocycles. The third kappa shape index (κ3) is 3.35. The van der Waals surface area contributed by atoms with E-state index in [1.54, 1.807) is 23.1 Å².